The van der Waals surface area contributed by atoms with Crippen molar-refractivity contribution in [3.8, 4) is 0 Å². The van der Waals surface area contributed by atoms with E-state index in [1.165, 1.54) is 173 Å². The molecule has 0 aromatic heterocycles. The maximum Gasteiger partial charge on any atom is 0.0431 e. The van der Waals surface area contributed by atoms with Crippen LogP contribution in [0.2, 0.25) is 0 Å². The normalized spacial score (nSPS) is 11.1. The van der Waals surface area contributed by atoms with Crippen LogP contribution in [0.1, 0.15) is 194 Å². The van der Waals surface area contributed by atoms with Gasteiger partial charge in [0.05, 0.1) is 0 Å². The fourth-order valence-electron chi connectivity index (χ4n) is 4.78. The summed E-state index contributed by atoms with van der Waals surface area (Å²) < 4.78 is 0. The number of aliphatic hydroxyl groups excluding tert-OH is 1. The molecule has 0 rings (SSSR count). The Morgan fingerprint density at radius 3 is 0.594 bits per heavy atom. The van der Waals surface area contributed by atoms with Gasteiger partial charge in [0, 0.05) is 6.61 Å². The minimum atomic E-state index is 0. The minimum absolute atomic E-state index is 0. The highest BCUT2D eigenvalue weighted by atomic mass is 16.2. The van der Waals surface area contributed by atoms with Gasteiger partial charge in [0.2, 0.25) is 0 Å². The molecule has 0 radical (unpaired) electrons. The number of hydrogen-bond acceptors (Lipinski definition) is 1. The predicted octanol–water partition coefficient (Wildman–Crippen LogP) is 11.6. The van der Waals surface area contributed by atoms with E-state index in [-0.39, 0.29) is 7.43 Å². The lowest BCUT2D eigenvalue weighted by Crippen LogP contribution is -1.85. The number of aliphatic hydroxyl groups is 1. The summed E-state index contributed by atoms with van der Waals surface area (Å²) in [6, 6.07) is 0. The summed E-state index contributed by atoms with van der Waals surface area (Å²) in [5.74, 6) is 0. The van der Waals surface area contributed by atoms with Gasteiger partial charge in [-0.2, -0.15) is 0 Å². The Bertz CT molecular complexity index is 260. The van der Waals surface area contributed by atoms with Gasteiger partial charge in [0.15, 0.2) is 0 Å². The first-order valence-corrected chi connectivity index (χ1v) is 15.0. The third-order valence-electron chi connectivity index (χ3n) is 7.01. The molecule has 0 heterocycles. The monoisotopic (exact) mass is 455 g/mol. The summed E-state index contributed by atoms with van der Waals surface area (Å²) in [6.07, 6.45) is 40.1. The van der Waals surface area contributed by atoms with Gasteiger partial charge in [-0.3, -0.25) is 0 Å². The lowest BCUT2D eigenvalue weighted by atomic mass is 10.0. The van der Waals surface area contributed by atoms with Crippen molar-refractivity contribution < 1.29 is 5.11 Å². The van der Waals surface area contributed by atoms with Crippen LogP contribution in [0.4, 0.5) is 0 Å². The van der Waals surface area contributed by atoms with Crippen molar-refractivity contribution in [2.45, 2.75) is 194 Å². The Hall–Kier alpha value is -0.0400. The van der Waals surface area contributed by atoms with E-state index in [4.69, 9.17) is 5.11 Å². The Kier molecular flexibility index (Phi) is 35.3. The highest BCUT2D eigenvalue weighted by Crippen LogP contribution is 2.16. The van der Waals surface area contributed by atoms with E-state index in [2.05, 4.69) is 6.92 Å². The molecule has 0 amide bonds. The first-order valence-electron chi connectivity index (χ1n) is 15.0. The maximum absolute atomic E-state index is 8.76. The Morgan fingerprint density at radius 1 is 0.281 bits per heavy atom. The minimum Gasteiger partial charge on any atom is -0.396 e. The molecule has 196 valence electrons. The molecule has 0 spiro atoms. The molecule has 0 atom stereocenters. The van der Waals surface area contributed by atoms with Crippen LogP contribution >= 0.6 is 0 Å². The summed E-state index contributed by atoms with van der Waals surface area (Å²) in [4.78, 5) is 0. The second kappa shape index (κ2) is 33.1. The van der Waals surface area contributed by atoms with Crippen LogP contribution in [0.25, 0.3) is 0 Å². The molecule has 0 aromatic carbocycles. The van der Waals surface area contributed by atoms with Crippen molar-refractivity contribution in [2.75, 3.05) is 6.61 Å². The molecule has 0 aliphatic rings. The van der Waals surface area contributed by atoms with Gasteiger partial charge in [-0.25, -0.2) is 0 Å². The molecule has 0 bridgehead atoms. The average molecular weight is 455 g/mol. The summed E-state index contributed by atoms with van der Waals surface area (Å²) >= 11 is 0. The van der Waals surface area contributed by atoms with Crippen molar-refractivity contribution in [3.63, 3.8) is 0 Å². The molecule has 0 saturated carbocycles. The van der Waals surface area contributed by atoms with Crippen molar-refractivity contribution in [1.29, 1.82) is 0 Å². The lowest BCUT2D eigenvalue weighted by molar-refractivity contribution is 0.282. The first kappa shape index (κ1) is 34.1. The number of rotatable bonds is 28. The quantitative estimate of drug-likeness (QED) is 0.116. The standard InChI is InChI=1S/C30H62O.CH4/c1-2-3-4-5-6-7-8-9-10-11-12-13-14-15-16-17-18-19-20-21-22-23-24-25-26-27-28-29-30-31;/h31H,2-30H2,1H3;1H4. The molecule has 1 heteroatoms. The van der Waals surface area contributed by atoms with E-state index < -0.39 is 0 Å². The van der Waals surface area contributed by atoms with E-state index in [1.54, 1.807) is 0 Å². The van der Waals surface area contributed by atoms with Gasteiger partial charge in [-0.05, 0) is 6.42 Å². The van der Waals surface area contributed by atoms with Crippen LogP contribution in [0.5, 0.6) is 0 Å². The molecular weight excluding hydrogens is 388 g/mol. The van der Waals surface area contributed by atoms with Gasteiger partial charge in [-0.15, -0.1) is 0 Å². The van der Waals surface area contributed by atoms with Gasteiger partial charge in [-0.1, -0.05) is 188 Å². The molecule has 0 unspecified atom stereocenters. The zero-order chi connectivity index (χ0) is 22.5. The molecule has 32 heavy (non-hydrogen) atoms. The predicted molar refractivity (Wildman–Crippen MR) is 149 cm³/mol. The molecule has 0 aliphatic heterocycles. The van der Waals surface area contributed by atoms with Crippen LogP contribution in [0, 0.1) is 0 Å². The molecule has 0 fully saturated rings. The van der Waals surface area contributed by atoms with Gasteiger partial charge in [0.25, 0.3) is 0 Å². The zero-order valence-corrected chi connectivity index (χ0v) is 22.0. The van der Waals surface area contributed by atoms with Crippen molar-refractivity contribution in [3.05, 3.63) is 0 Å². The van der Waals surface area contributed by atoms with E-state index in [0.717, 1.165) is 6.42 Å². The van der Waals surface area contributed by atoms with Gasteiger partial charge >= 0.3 is 0 Å². The Labute approximate surface area is 205 Å². The van der Waals surface area contributed by atoms with E-state index in [0.29, 0.717) is 6.61 Å². The molecule has 0 saturated heterocycles. The smallest absolute Gasteiger partial charge is 0.0431 e. The molecular formula is C31H66O. The topological polar surface area (TPSA) is 20.2 Å². The lowest BCUT2D eigenvalue weighted by Gasteiger charge is -2.04. The summed E-state index contributed by atoms with van der Waals surface area (Å²) in [5, 5.41) is 8.76. The van der Waals surface area contributed by atoms with Crippen LogP contribution in [-0.4, -0.2) is 11.7 Å². The summed E-state index contributed by atoms with van der Waals surface area (Å²) in [6.45, 7) is 2.68. The third kappa shape index (κ3) is 32.1. The number of hydrogen-bond donors (Lipinski definition) is 1. The Balaban J connectivity index is 0. The van der Waals surface area contributed by atoms with Gasteiger partial charge < -0.3 is 5.11 Å². The van der Waals surface area contributed by atoms with Crippen LogP contribution in [0.15, 0.2) is 0 Å². The van der Waals surface area contributed by atoms with Crippen molar-refractivity contribution >= 4 is 0 Å². The second-order valence-electron chi connectivity index (χ2n) is 10.3. The first-order chi connectivity index (χ1) is 15.4. The van der Waals surface area contributed by atoms with Crippen LogP contribution < -0.4 is 0 Å². The van der Waals surface area contributed by atoms with Gasteiger partial charge in [0.1, 0.15) is 0 Å². The van der Waals surface area contributed by atoms with E-state index in [9.17, 15) is 0 Å². The van der Waals surface area contributed by atoms with Crippen molar-refractivity contribution in [1.82, 2.24) is 0 Å². The highest BCUT2D eigenvalue weighted by Gasteiger charge is 1.96. The molecule has 0 aliphatic carbocycles. The van der Waals surface area contributed by atoms with Crippen molar-refractivity contribution in [2.24, 2.45) is 0 Å². The largest absolute Gasteiger partial charge is 0.396 e. The molecule has 0 aromatic rings. The SMILES string of the molecule is C.CCCCCCCCCCCCCCCCCCCCCCCCCCCCCCO. The van der Waals surface area contributed by atoms with E-state index in [1.807, 2.05) is 0 Å². The molecule has 1 N–H and O–H groups in total. The van der Waals surface area contributed by atoms with E-state index >= 15 is 0 Å². The fourth-order valence-corrected chi connectivity index (χ4v) is 4.78. The Morgan fingerprint density at radius 2 is 0.438 bits per heavy atom. The number of unbranched alkanes of at least 4 members (excludes halogenated alkanes) is 27. The molecule has 1 nitrogen and oxygen atoms in total. The average Bonchev–Trinajstić information content (AvgIpc) is 2.78. The third-order valence-corrected chi connectivity index (χ3v) is 7.01. The summed E-state index contributed by atoms with van der Waals surface area (Å²) in [7, 11) is 0. The summed E-state index contributed by atoms with van der Waals surface area (Å²) in [5.41, 5.74) is 0. The zero-order valence-electron chi connectivity index (χ0n) is 22.0. The second-order valence-corrected chi connectivity index (χ2v) is 10.3. The van der Waals surface area contributed by atoms with Crippen LogP contribution in [0.3, 0.4) is 0 Å². The maximum atomic E-state index is 8.76. The highest BCUT2D eigenvalue weighted by molar-refractivity contribution is 4.52. The fraction of sp³-hybridized carbons (Fsp3) is 1.00. The van der Waals surface area contributed by atoms with Crippen LogP contribution in [-0.2, 0) is 0 Å².